The van der Waals surface area contributed by atoms with Gasteiger partial charge in [-0.3, -0.25) is 0 Å². The van der Waals surface area contributed by atoms with Crippen molar-refractivity contribution in [2.45, 2.75) is 18.9 Å². The van der Waals surface area contributed by atoms with E-state index >= 15 is 0 Å². The number of nitrogens with zero attached hydrogens (tertiary/aromatic N) is 2. The highest BCUT2D eigenvalue weighted by atomic mass is 19.1. The number of anilines is 1. The maximum atomic E-state index is 13.3. The van der Waals surface area contributed by atoms with Crippen molar-refractivity contribution in [2.75, 3.05) is 12.4 Å². The molecule has 5 heteroatoms. The summed E-state index contributed by atoms with van der Waals surface area (Å²) in [6.07, 6.45) is 2.36. The minimum atomic E-state index is -0.321. The van der Waals surface area contributed by atoms with Gasteiger partial charge >= 0.3 is 0 Å². The molecule has 1 N–H and O–H groups in total. The Labute approximate surface area is 110 Å². The summed E-state index contributed by atoms with van der Waals surface area (Å²) in [6, 6.07) is 8.54. The molecule has 1 aromatic carbocycles. The van der Waals surface area contributed by atoms with Crippen LogP contribution < -0.4 is 10.1 Å². The van der Waals surface area contributed by atoms with Crippen molar-refractivity contribution in [3.05, 3.63) is 36.1 Å². The highest BCUT2D eigenvalue weighted by molar-refractivity contribution is 5.67. The lowest BCUT2D eigenvalue weighted by molar-refractivity contribution is 0.415. The molecule has 4 nitrogen and oxygen atoms in total. The highest BCUT2D eigenvalue weighted by Gasteiger charge is 2.21. The molecule has 0 bridgehead atoms. The first kappa shape index (κ1) is 11.9. The van der Waals surface area contributed by atoms with Crippen LogP contribution in [0.4, 0.5) is 10.2 Å². The fourth-order valence-electron chi connectivity index (χ4n) is 1.87. The molecule has 1 aliphatic rings. The summed E-state index contributed by atoms with van der Waals surface area (Å²) < 4.78 is 18.5. The molecule has 3 rings (SSSR count). The molecule has 0 spiro atoms. The average molecular weight is 259 g/mol. The molecule has 0 radical (unpaired) electrons. The number of nitrogens with one attached hydrogen (secondary N) is 1. The number of rotatable bonds is 4. The van der Waals surface area contributed by atoms with Gasteiger partial charge in [-0.2, -0.15) is 0 Å². The smallest absolute Gasteiger partial charge is 0.148 e. The average Bonchev–Trinajstić information content (AvgIpc) is 3.23. The van der Waals surface area contributed by atoms with E-state index in [1.165, 1.54) is 25.0 Å². The molecule has 1 aromatic heterocycles. The normalized spacial score (nSPS) is 14.2. The first-order chi connectivity index (χ1) is 9.26. The zero-order chi connectivity index (χ0) is 13.2. The van der Waals surface area contributed by atoms with E-state index < -0.39 is 0 Å². The molecule has 1 fully saturated rings. The molecule has 0 atom stereocenters. The third kappa shape index (κ3) is 2.65. The molecule has 1 aliphatic carbocycles. The standard InChI is InChI=1S/C14H14FN3O/c1-19-13-6-2-9(15)8-11(13)12-5-7-14(18-17-12)16-10-3-4-10/h2,5-8,10H,3-4H2,1H3,(H,16,18). The van der Waals surface area contributed by atoms with Crippen LogP contribution in [-0.4, -0.2) is 23.3 Å². The molecule has 1 heterocycles. The Morgan fingerprint density at radius 1 is 1.21 bits per heavy atom. The summed E-state index contributed by atoms with van der Waals surface area (Å²) in [5.41, 5.74) is 1.20. The fraction of sp³-hybridized carbons (Fsp3) is 0.286. The van der Waals surface area contributed by atoms with Crippen molar-refractivity contribution >= 4 is 5.82 Å². The van der Waals surface area contributed by atoms with E-state index in [1.807, 2.05) is 12.1 Å². The number of benzene rings is 1. The molecule has 98 valence electrons. The van der Waals surface area contributed by atoms with Gasteiger partial charge in [-0.1, -0.05) is 0 Å². The zero-order valence-electron chi connectivity index (χ0n) is 10.6. The third-order valence-electron chi connectivity index (χ3n) is 3.03. The summed E-state index contributed by atoms with van der Waals surface area (Å²) in [4.78, 5) is 0. The minimum absolute atomic E-state index is 0.321. The lowest BCUT2D eigenvalue weighted by Gasteiger charge is -2.08. The van der Waals surface area contributed by atoms with Gasteiger partial charge in [0.25, 0.3) is 0 Å². The van der Waals surface area contributed by atoms with E-state index in [1.54, 1.807) is 13.2 Å². The largest absolute Gasteiger partial charge is 0.496 e. The van der Waals surface area contributed by atoms with E-state index in [0.717, 1.165) is 5.82 Å². The molecule has 0 aliphatic heterocycles. The van der Waals surface area contributed by atoms with Gasteiger partial charge < -0.3 is 10.1 Å². The fourth-order valence-corrected chi connectivity index (χ4v) is 1.87. The van der Waals surface area contributed by atoms with Crippen LogP contribution in [0.1, 0.15) is 12.8 Å². The van der Waals surface area contributed by atoms with Gasteiger partial charge in [-0.25, -0.2) is 4.39 Å². The van der Waals surface area contributed by atoms with Crippen LogP contribution in [0.25, 0.3) is 11.3 Å². The quantitative estimate of drug-likeness (QED) is 0.917. The van der Waals surface area contributed by atoms with Crippen LogP contribution >= 0.6 is 0 Å². The first-order valence-electron chi connectivity index (χ1n) is 6.20. The van der Waals surface area contributed by atoms with Crippen molar-refractivity contribution in [1.29, 1.82) is 0 Å². The van der Waals surface area contributed by atoms with Crippen LogP contribution in [0.3, 0.4) is 0 Å². The molecule has 19 heavy (non-hydrogen) atoms. The summed E-state index contributed by atoms with van der Waals surface area (Å²) in [5, 5.41) is 11.5. The number of hydrogen-bond donors (Lipinski definition) is 1. The SMILES string of the molecule is COc1ccc(F)cc1-c1ccc(NC2CC2)nn1. The molecule has 0 amide bonds. The summed E-state index contributed by atoms with van der Waals surface area (Å²) >= 11 is 0. The molecule has 2 aromatic rings. The Morgan fingerprint density at radius 3 is 2.68 bits per heavy atom. The van der Waals surface area contributed by atoms with Gasteiger partial charge in [0.1, 0.15) is 17.4 Å². The van der Waals surface area contributed by atoms with E-state index in [9.17, 15) is 4.39 Å². The van der Waals surface area contributed by atoms with Crippen LogP contribution in [0, 0.1) is 5.82 Å². The molecular weight excluding hydrogens is 245 g/mol. The van der Waals surface area contributed by atoms with Crippen molar-refractivity contribution < 1.29 is 9.13 Å². The minimum Gasteiger partial charge on any atom is -0.496 e. The second-order valence-corrected chi connectivity index (χ2v) is 4.57. The number of methoxy groups -OCH3 is 1. The maximum absolute atomic E-state index is 13.3. The number of ether oxygens (including phenoxy) is 1. The van der Waals surface area contributed by atoms with Gasteiger partial charge in [0.05, 0.1) is 12.8 Å². The Kier molecular flexibility index (Phi) is 3.03. The van der Waals surface area contributed by atoms with Gasteiger partial charge in [0.2, 0.25) is 0 Å². The van der Waals surface area contributed by atoms with Crippen LogP contribution in [-0.2, 0) is 0 Å². The van der Waals surface area contributed by atoms with Gasteiger partial charge in [-0.15, -0.1) is 10.2 Å². The van der Waals surface area contributed by atoms with Crippen LogP contribution in [0.15, 0.2) is 30.3 Å². The summed E-state index contributed by atoms with van der Waals surface area (Å²) in [5.74, 6) is 1.01. The van der Waals surface area contributed by atoms with Gasteiger partial charge in [-0.05, 0) is 43.2 Å². The van der Waals surface area contributed by atoms with E-state index in [0.29, 0.717) is 23.0 Å². The zero-order valence-corrected chi connectivity index (χ0v) is 10.6. The predicted octanol–water partition coefficient (Wildman–Crippen LogP) is 2.87. The monoisotopic (exact) mass is 259 g/mol. The summed E-state index contributed by atoms with van der Waals surface area (Å²) in [6.45, 7) is 0. The van der Waals surface area contributed by atoms with E-state index in [2.05, 4.69) is 15.5 Å². The Morgan fingerprint density at radius 2 is 2.05 bits per heavy atom. The lowest BCUT2D eigenvalue weighted by atomic mass is 10.1. The Hall–Kier alpha value is -2.17. The van der Waals surface area contributed by atoms with Crippen molar-refractivity contribution in [3.8, 4) is 17.0 Å². The van der Waals surface area contributed by atoms with Gasteiger partial charge in [0.15, 0.2) is 0 Å². The number of hydrogen-bond acceptors (Lipinski definition) is 4. The van der Waals surface area contributed by atoms with E-state index in [4.69, 9.17) is 4.74 Å². The van der Waals surface area contributed by atoms with Gasteiger partial charge in [0, 0.05) is 11.6 Å². The first-order valence-corrected chi connectivity index (χ1v) is 6.20. The topological polar surface area (TPSA) is 47.0 Å². The van der Waals surface area contributed by atoms with Crippen LogP contribution in [0.2, 0.25) is 0 Å². The van der Waals surface area contributed by atoms with Crippen molar-refractivity contribution in [2.24, 2.45) is 0 Å². The molecule has 0 unspecified atom stereocenters. The lowest BCUT2D eigenvalue weighted by Crippen LogP contribution is -2.04. The molecule has 1 saturated carbocycles. The van der Waals surface area contributed by atoms with Crippen LogP contribution in [0.5, 0.6) is 5.75 Å². The second-order valence-electron chi connectivity index (χ2n) is 4.57. The second kappa shape index (κ2) is 4.84. The molecular formula is C14H14FN3O. The Balaban J connectivity index is 1.90. The predicted molar refractivity (Wildman–Crippen MR) is 70.6 cm³/mol. The number of aromatic nitrogens is 2. The van der Waals surface area contributed by atoms with Crippen molar-refractivity contribution in [1.82, 2.24) is 10.2 Å². The van der Waals surface area contributed by atoms with E-state index in [-0.39, 0.29) is 5.82 Å². The number of halogens is 1. The third-order valence-corrected chi connectivity index (χ3v) is 3.03. The highest BCUT2D eigenvalue weighted by Crippen LogP contribution is 2.29. The summed E-state index contributed by atoms with van der Waals surface area (Å²) in [7, 11) is 1.55. The maximum Gasteiger partial charge on any atom is 0.148 e. The van der Waals surface area contributed by atoms with Crippen molar-refractivity contribution in [3.63, 3.8) is 0 Å². The molecule has 0 saturated heterocycles. The Bertz CT molecular complexity index is 582.